The van der Waals surface area contributed by atoms with Crippen LogP contribution < -0.4 is 20.7 Å². The second kappa shape index (κ2) is 11.8. The Kier molecular flexibility index (Phi) is 7.85. The number of fused-ring (bicyclic) bond motifs is 1. The fourth-order valence-corrected chi connectivity index (χ4v) is 4.64. The number of nitrogens with one attached hydrogen (secondary N) is 1. The molecule has 1 aliphatic rings. The number of nitrogens with two attached hydrogens (primary N) is 1. The predicted octanol–water partition coefficient (Wildman–Crippen LogP) is 3.39. The highest BCUT2D eigenvalue weighted by Crippen LogP contribution is 2.26. The maximum absolute atomic E-state index is 12.9. The molecule has 0 spiro atoms. The molecule has 2 heterocycles. The number of ether oxygens (including phenoxy) is 1. The number of carbonyl (C=O) groups is 1. The van der Waals surface area contributed by atoms with Gasteiger partial charge in [0.1, 0.15) is 18.2 Å². The Morgan fingerprint density at radius 3 is 2.64 bits per heavy atom. The quantitative estimate of drug-likeness (QED) is 0.362. The number of piperazine rings is 1. The first kappa shape index (κ1) is 25.9. The summed E-state index contributed by atoms with van der Waals surface area (Å²) < 4.78 is 5.91. The van der Waals surface area contributed by atoms with E-state index in [0.717, 1.165) is 54.3 Å². The molecule has 0 unspecified atom stereocenters. The van der Waals surface area contributed by atoms with Gasteiger partial charge in [-0.05, 0) is 67.1 Å². The van der Waals surface area contributed by atoms with E-state index in [1.165, 1.54) is 0 Å². The van der Waals surface area contributed by atoms with Crippen molar-refractivity contribution in [2.45, 2.75) is 13.0 Å². The average Bonchev–Trinajstić information content (AvgIpc) is 2.96. The zero-order chi connectivity index (χ0) is 27.2. The zero-order valence-corrected chi connectivity index (χ0v) is 21.9. The maximum Gasteiger partial charge on any atom is 0.251 e. The molecule has 1 aliphatic heterocycles. The third-order valence-corrected chi connectivity index (χ3v) is 6.82. The second-order valence-corrected chi connectivity index (χ2v) is 9.68. The minimum absolute atomic E-state index is 0.167. The predicted molar refractivity (Wildman–Crippen MR) is 152 cm³/mol. The van der Waals surface area contributed by atoms with Gasteiger partial charge in [-0.25, -0.2) is 4.98 Å². The van der Waals surface area contributed by atoms with E-state index in [9.17, 15) is 4.79 Å². The standard InChI is InChI=1S/C30H31N7O2/c1-36-12-14-37(15-13-36)28-26-9-8-24(18-27(26)34-30(32)35-28)29(38)33-11-10-21-4-3-7-25(17-21)39-20-23-6-2-5-22(16-23)19-31/h2-9,16-18H,10-15,20H2,1H3,(H,33,38)(H2,32,34,35). The van der Waals surface area contributed by atoms with Crippen LogP contribution in [0.4, 0.5) is 11.8 Å². The molecule has 0 radical (unpaired) electrons. The minimum atomic E-state index is -0.167. The van der Waals surface area contributed by atoms with Crippen molar-refractivity contribution >= 4 is 28.6 Å². The molecule has 0 aliphatic carbocycles. The first-order valence-corrected chi connectivity index (χ1v) is 13.0. The summed E-state index contributed by atoms with van der Waals surface area (Å²) >= 11 is 0. The van der Waals surface area contributed by atoms with Gasteiger partial charge in [0.25, 0.3) is 5.91 Å². The molecule has 0 bridgehead atoms. The molecule has 4 aromatic rings. The molecule has 3 N–H and O–H groups in total. The maximum atomic E-state index is 12.9. The molecular formula is C30H31N7O2. The summed E-state index contributed by atoms with van der Waals surface area (Å²) in [6, 6.07) is 22.8. The summed E-state index contributed by atoms with van der Waals surface area (Å²) in [6.07, 6.45) is 0.656. The summed E-state index contributed by atoms with van der Waals surface area (Å²) in [5.41, 5.74) is 9.81. The molecule has 198 valence electrons. The Bertz CT molecular complexity index is 1520. The lowest BCUT2D eigenvalue weighted by Gasteiger charge is -2.33. The minimum Gasteiger partial charge on any atom is -0.489 e. The van der Waals surface area contributed by atoms with Crippen molar-refractivity contribution in [2.24, 2.45) is 0 Å². The largest absolute Gasteiger partial charge is 0.489 e. The number of aromatic nitrogens is 2. The molecule has 5 rings (SSSR count). The average molecular weight is 522 g/mol. The molecule has 3 aromatic carbocycles. The van der Waals surface area contributed by atoms with Gasteiger partial charge in [-0.1, -0.05) is 24.3 Å². The van der Waals surface area contributed by atoms with Crippen LogP contribution in [0.3, 0.4) is 0 Å². The van der Waals surface area contributed by atoms with Crippen LogP contribution in [0.2, 0.25) is 0 Å². The lowest BCUT2D eigenvalue weighted by Crippen LogP contribution is -2.45. The molecule has 1 saturated heterocycles. The number of likely N-dealkylation sites (N-methyl/N-ethyl adjacent to an activating group) is 1. The number of anilines is 2. The van der Waals surface area contributed by atoms with Gasteiger partial charge in [-0.2, -0.15) is 10.2 Å². The van der Waals surface area contributed by atoms with Gasteiger partial charge in [-0.3, -0.25) is 4.79 Å². The first-order valence-electron chi connectivity index (χ1n) is 13.0. The van der Waals surface area contributed by atoms with E-state index < -0.39 is 0 Å². The number of carbonyl (C=O) groups excluding carboxylic acids is 1. The number of nitriles is 1. The van der Waals surface area contributed by atoms with Crippen molar-refractivity contribution in [1.82, 2.24) is 20.2 Å². The fraction of sp³-hybridized carbons (Fsp3) is 0.267. The lowest BCUT2D eigenvalue weighted by atomic mass is 10.1. The first-order chi connectivity index (χ1) is 19.0. The van der Waals surface area contributed by atoms with E-state index >= 15 is 0 Å². The SMILES string of the molecule is CN1CCN(c2nc(N)nc3cc(C(=O)NCCc4cccc(OCc5cccc(C#N)c5)c4)ccc23)CC1. The molecule has 1 fully saturated rings. The number of nitrogen functional groups attached to an aromatic ring is 1. The van der Waals surface area contributed by atoms with Crippen molar-refractivity contribution in [1.29, 1.82) is 5.26 Å². The smallest absolute Gasteiger partial charge is 0.251 e. The Labute approximate surface area is 227 Å². The van der Waals surface area contributed by atoms with Gasteiger partial charge in [-0.15, -0.1) is 0 Å². The number of hydrogen-bond donors (Lipinski definition) is 2. The Hall–Kier alpha value is -4.68. The van der Waals surface area contributed by atoms with Gasteiger partial charge >= 0.3 is 0 Å². The molecule has 0 saturated carbocycles. The lowest BCUT2D eigenvalue weighted by molar-refractivity contribution is 0.0954. The molecule has 39 heavy (non-hydrogen) atoms. The van der Waals surface area contributed by atoms with E-state index in [1.807, 2.05) is 54.6 Å². The number of rotatable bonds is 8. The van der Waals surface area contributed by atoms with Crippen molar-refractivity contribution in [2.75, 3.05) is 50.4 Å². The molecule has 9 nitrogen and oxygen atoms in total. The van der Waals surface area contributed by atoms with E-state index in [1.54, 1.807) is 12.1 Å². The highest BCUT2D eigenvalue weighted by molar-refractivity contribution is 6.00. The van der Waals surface area contributed by atoms with Crippen LogP contribution in [0, 0.1) is 11.3 Å². The van der Waals surface area contributed by atoms with Gasteiger partial charge in [0, 0.05) is 43.7 Å². The second-order valence-electron chi connectivity index (χ2n) is 9.68. The van der Waals surface area contributed by atoms with Gasteiger partial charge in [0.05, 0.1) is 17.1 Å². The summed E-state index contributed by atoms with van der Waals surface area (Å²) in [5, 5.41) is 13.0. The normalized spacial score (nSPS) is 13.7. The van der Waals surface area contributed by atoms with Crippen molar-refractivity contribution in [3.05, 3.63) is 89.0 Å². The molecule has 1 amide bonds. The van der Waals surface area contributed by atoms with E-state index in [2.05, 4.69) is 38.2 Å². The monoisotopic (exact) mass is 521 g/mol. The van der Waals surface area contributed by atoms with Crippen LogP contribution >= 0.6 is 0 Å². The number of hydrogen-bond acceptors (Lipinski definition) is 8. The summed E-state index contributed by atoms with van der Waals surface area (Å²) in [5.74, 6) is 1.59. The number of benzene rings is 3. The molecule has 0 atom stereocenters. The Morgan fingerprint density at radius 1 is 1.03 bits per heavy atom. The molecule has 1 aromatic heterocycles. The zero-order valence-electron chi connectivity index (χ0n) is 21.9. The van der Waals surface area contributed by atoms with Gasteiger partial charge in [0.2, 0.25) is 5.95 Å². The van der Waals surface area contributed by atoms with Crippen LogP contribution in [0.5, 0.6) is 5.75 Å². The van der Waals surface area contributed by atoms with E-state index in [4.69, 9.17) is 15.7 Å². The summed E-state index contributed by atoms with van der Waals surface area (Å²) in [4.78, 5) is 26.3. The topological polar surface area (TPSA) is 120 Å². The van der Waals surface area contributed by atoms with Gasteiger partial charge in [0.15, 0.2) is 0 Å². The Balaban J connectivity index is 1.19. The molecule has 9 heteroatoms. The van der Waals surface area contributed by atoms with E-state index in [0.29, 0.717) is 36.2 Å². The fourth-order valence-electron chi connectivity index (χ4n) is 4.64. The third kappa shape index (κ3) is 6.43. The number of amides is 1. The van der Waals surface area contributed by atoms with E-state index in [-0.39, 0.29) is 11.9 Å². The Morgan fingerprint density at radius 2 is 1.82 bits per heavy atom. The van der Waals surface area contributed by atoms with Crippen LogP contribution in [0.1, 0.15) is 27.0 Å². The summed E-state index contributed by atoms with van der Waals surface area (Å²) in [6.45, 7) is 4.50. The number of nitrogens with zero attached hydrogens (tertiary/aromatic N) is 5. The summed E-state index contributed by atoms with van der Waals surface area (Å²) in [7, 11) is 2.11. The van der Waals surface area contributed by atoms with Crippen molar-refractivity contribution in [3.63, 3.8) is 0 Å². The van der Waals surface area contributed by atoms with Crippen LogP contribution in [-0.4, -0.2) is 60.5 Å². The van der Waals surface area contributed by atoms with Crippen molar-refractivity contribution in [3.8, 4) is 11.8 Å². The third-order valence-electron chi connectivity index (χ3n) is 6.82. The van der Waals surface area contributed by atoms with Gasteiger partial charge < -0.3 is 25.6 Å². The van der Waals surface area contributed by atoms with Crippen LogP contribution in [0.25, 0.3) is 10.9 Å². The highest BCUT2D eigenvalue weighted by Gasteiger charge is 2.19. The van der Waals surface area contributed by atoms with Crippen molar-refractivity contribution < 1.29 is 9.53 Å². The van der Waals surface area contributed by atoms with Crippen LogP contribution in [-0.2, 0) is 13.0 Å². The molecular weight excluding hydrogens is 490 g/mol. The van der Waals surface area contributed by atoms with Crippen LogP contribution in [0.15, 0.2) is 66.7 Å². The highest BCUT2D eigenvalue weighted by atomic mass is 16.5.